The zero-order valence-electron chi connectivity index (χ0n) is 10.9. The number of benzene rings is 1. The molecule has 1 N–H and O–H groups in total. The van der Waals surface area contributed by atoms with Gasteiger partial charge in [-0.1, -0.05) is 12.1 Å². The molecule has 1 aromatic rings. The molecule has 1 atom stereocenters. The van der Waals surface area contributed by atoms with Crippen molar-refractivity contribution >= 4 is 28.5 Å². The minimum atomic E-state index is 0.181. The minimum absolute atomic E-state index is 0.181. The Labute approximate surface area is 122 Å². The van der Waals surface area contributed by atoms with Gasteiger partial charge in [-0.3, -0.25) is 4.79 Å². The Bertz CT molecular complexity index is 447. The fourth-order valence-corrected chi connectivity index (χ4v) is 3.11. The van der Waals surface area contributed by atoms with Gasteiger partial charge in [-0.2, -0.15) is 0 Å². The Balaban J connectivity index is 2.23. The first-order chi connectivity index (χ1) is 8.65. The van der Waals surface area contributed by atoms with Crippen LogP contribution in [0.15, 0.2) is 18.2 Å². The van der Waals surface area contributed by atoms with E-state index in [1.54, 1.807) is 0 Å². The van der Waals surface area contributed by atoms with Gasteiger partial charge < -0.3 is 10.2 Å². The number of likely N-dealkylation sites (tertiary alicyclic amines) is 1. The van der Waals surface area contributed by atoms with Gasteiger partial charge in [-0.25, -0.2) is 0 Å². The fraction of sp³-hybridized carbons (Fsp3) is 0.500. The van der Waals surface area contributed by atoms with Gasteiger partial charge in [0.25, 0.3) is 5.91 Å². The Morgan fingerprint density at radius 2 is 2.33 bits per heavy atom. The molecule has 4 heteroatoms. The molecule has 18 heavy (non-hydrogen) atoms. The van der Waals surface area contributed by atoms with E-state index in [-0.39, 0.29) is 5.91 Å². The summed E-state index contributed by atoms with van der Waals surface area (Å²) in [4.78, 5) is 14.6. The lowest BCUT2D eigenvalue weighted by molar-refractivity contribution is 0.0736. The normalized spacial score (nSPS) is 19.3. The molecule has 0 aromatic heterocycles. The van der Waals surface area contributed by atoms with E-state index in [1.165, 1.54) is 5.56 Å². The lowest BCUT2D eigenvalue weighted by Gasteiger charge is -2.25. The summed E-state index contributed by atoms with van der Waals surface area (Å²) in [5.74, 6) is 0.181. The van der Waals surface area contributed by atoms with Crippen molar-refractivity contribution < 1.29 is 4.79 Å². The number of halogens is 1. The van der Waals surface area contributed by atoms with Crippen LogP contribution >= 0.6 is 22.6 Å². The molecule has 0 radical (unpaired) electrons. The van der Waals surface area contributed by atoms with Gasteiger partial charge >= 0.3 is 0 Å². The van der Waals surface area contributed by atoms with Crippen molar-refractivity contribution in [3.8, 4) is 0 Å². The topological polar surface area (TPSA) is 32.3 Å². The summed E-state index contributed by atoms with van der Waals surface area (Å²) < 4.78 is 1.08. The first-order valence-corrected chi connectivity index (χ1v) is 7.43. The number of nitrogens with zero attached hydrogens (tertiary/aromatic N) is 1. The van der Waals surface area contributed by atoms with E-state index in [9.17, 15) is 4.79 Å². The van der Waals surface area contributed by atoms with E-state index < -0.39 is 0 Å². The number of hydrogen-bond donors (Lipinski definition) is 1. The average molecular weight is 358 g/mol. The van der Waals surface area contributed by atoms with E-state index in [2.05, 4.69) is 27.9 Å². The second kappa shape index (κ2) is 6.02. The van der Waals surface area contributed by atoms with Crippen molar-refractivity contribution in [1.29, 1.82) is 0 Å². The maximum atomic E-state index is 12.6. The molecule has 0 bridgehead atoms. The Kier molecular flexibility index (Phi) is 4.61. The molecule has 0 aliphatic carbocycles. The second-order valence-electron chi connectivity index (χ2n) is 4.79. The van der Waals surface area contributed by atoms with Gasteiger partial charge in [0.05, 0.1) is 5.56 Å². The Hall–Kier alpha value is -0.620. The van der Waals surface area contributed by atoms with E-state index in [1.807, 2.05) is 37.1 Å². The van der Waals surface area contributed by atoms with Crippen LogP contribution in [0.2, 0.25) is 0 Å². The van der Waals surface area contributed by atoms with Gasteiger partial charge in [0.2, 0.25) is 0 Å². The molecule has 1 heterocycles. The third-order valence-electron chi connectivity index (χ3n) is 3.50. The molecular weight excluding hydrogens is 339 g/mol. The minimum Gasteiger partial charge on any atom is -0.334 e. The summed E-state index contributed by atoms with van der Waals surface area (Å²) in [6, 6.07) is 6.30. The molecule has 1 aliphatic rings. The maximum absolute atomic E-state index is 12.6. The zero-order valence-corrected chi connectivity index (χ0v) is 13.0. The third kappa shape index (κ3) is 2.69. The van der Waals surface area contributed by atoms with E-state index >= 15 is 0 Å². The maximum Gasteiger partial charge on any atom is 0.255 e. The molecule has 1 amide bonds. The number of nitrogens with one attached hydrogen (secondary N) is 1. The van der Waals surface area contributed by atoms with E-state index in [4.69, 9.17) is 0 Å². The quantitative estimate of drug-likeness (QED) is 0.842. The highest BCUT2D eigenvalue weighted by Crippen LogP contribution is 2.23. The van der Waals surface area contributed by atoms with Crippen LogP contribution in [0.3, 0.4) is 0 Å². The van der Waals surface area contributed by atoms with Crippen molar-refractivity contribution in [2.75, 3.05) is 20.1 Å². The third-order valence-corrected chi connectivity index (χ3v) is 4.93. The Morgan fingerprint density at radius 1 is 1.56 bits per heavy atom. The summed E-state index contributed by atoms with van der Waals surface area (Å²) in [5.41, 5.74) is 2.02. The molecule has 1 aromatic carbocycles. The summed E-state index contributed by atoms with van der Waals surface area (Å²) in [6.07, 6.45) is 2.22. The lowest BCUT2D eigenvalue weighted by Crippen LogP contribution is -2.41. The molecule has 98 valence electrons. The lowest BCUT2D eigenvalue weighted by atomic mass is 10.1. The van der Waals surface area contributed by atoms with Crippen LogP contribution in [0.25, 0.3) is 0 Å². The van der Waals surface area contributed by atoms with Gasteiger partial charge in [-0.15, -0.1) is 0 Å². The average Bonchev–Trinajstić information content (AvgIpc) is 2.80. The summed E-state index contributed by atoms with van der Waals surface area (Å²) >= 11 is 2.27. The van der Waals surface area contributed by atoms with Crippen LogP contribution in [0.4, 0.5) is 0 Å². The van der Waals surface area contributed by atoms with E-state index in [0.717, 1.165) is 35.1 Å². The number of carbonyl (C=O) groups is 1. The second-order valence-corrected chi connectivity index (χ2v) is 5.87. The fourth-order valence-electron chi connectivity index (χ4n) is 2.52. The van der Waals surface area contributed by atoms with Crippen LogP contribution in [-0.4, -0.2) is 37.0 Å². The number of hydrogen-bond acceptors (Lipinski definition) is 2. The van der Waals surface area contributed by atoms with Crippen LogP contribution in [0, 0.1) is 10.5 Å². The molecular formula is C14H19IN2O. The number of aryl methyl sites for hydroxylation is 1. The van der Waals surface area contributed by atoms with Crippen LogP contribution < -0.4 is 5.32 Å². The van der Waals surface area contributed by atoms with Gasteiger partial charge in [0, 0.05) is 22.7 Å². The molecule has 1 aliphatic heterocycles. The van der Waals surface area contributed by atoms with Crippen molar-refractivity contribution in [1.82, 2.24) is 10.2 Å². The van der Waals surface area contributed by atoms with Crippen LogP contribution in [0.5, 0.6) is 0 Å². The molecule has 0 spiro atoms. The molecule has 1 saturated heterocycles. The van der Waals surface area contributed by atoms with Crippen LogP contribution in [-0.2, 0) is 0 Å². The van der Waals surface area contributed by atoms with Gasteiger partial charge in [0.1, 0.15) is 0 Å². The number of rotatable bonds is 3. The summed E-state index contributed by atoms with van der Waals surface area (Å²) in [6.45, 7) is 3.82. The smallest absolute Gasteiger partial charge is 0.255 e. The first-order valence-electron chi connectivity index (χ1n) is 6.36. The highest BCUT2D eigenvalue weighted by molar-refractivity contribution is 14.1. The van der Waals surface area contributed by atoms with Gasteiger partial charge in [-0.05, 0) is 61.0 Å². The predicted octanol–water partition coefficient (Wildman–Crippen LogP) is 2.42. The number of carbonyl (C=O) groups excluding carboxylic acids is 1. The molecule has 3 nitrogen and oxygen atoms in total. The molecule has 2 rings (SSSR count). The largest absolute Gasteiger partial charge is 0.334 e. The van der Waals surface area contributed by atoms with Crippen molar-refractivity contribution in [2.45, 2.75) is 25.8 Å². The van der Waals surface area contributed by atoms with E-state index in [0.29, 0.717) is 6.04 Å². The molecule has 1 fully saturated rings. The number of likely N-dealkylation sites (N-methyl/N-ethyl adjacent to an activating group) is 1. The molecule has 0 saturated carbocycles. The highest BCUT2D eigenvalue weighted by Gasteiger charge is 2.29. The zero-order chi connectivity index (χ0) is 13.1. The van der Waals surface area contributed by atoms with Crippen LogP contribution in [0.1, 0.15) is 28.8 Å². The first kappa shape index (κ1) is 13.8. The monoisotopic (exact) mass is 358 g/mol. The highest BCUT2D eigenvalue weighted by atomic mass is 127. The predicted molar refractivity (Wildman–Crippen MR) is 81.9 cm³/mol. The SMILES string of the molecule is CNCC1CCCN1C(=O)c1cccc(C)c1I. The van der Waals surface area contributed by atoms with Crippen molar-refractivity contribution in [3.63, 3.8) is 0 Å². The van der Waals surface area contributed by atoms with Crippen molar-refractivity contribution in [3.05, 3.63) is 32.9 Å². The molecule has 1 unspecified atom stereocenters. The summed E-state index contributed by atoms with van der Waals surface area (Å²) in [5, 5.41) is 3.18. The standard InChI is InChI=1S/C14H19IN2O/c1-10-5-3-7-12(13(10)15)14(18)17-8-4-6-11(17)9-16-2/h3,5,7,11,16H,4,6,8-9H2,1-2H3. The van der Waals surface area contributed by atoms with Gasteiger partial charge in [0.15, 0.2) is 0 Å². The summed E-state index contributed by atoms with van der Waals surface area (Å²) in [7, 11) is 1.94. The number of amides is 1. The van der Waals surface area contributed by atoms with Crippen molar-refractivity contribution in [2.24, 2.45) is 0 Å². The Morgan fingerprint density at radius 3 is 3.06 bits per heavy atom.